The normalized spacial score (nSPS) is 11.4. The largest absolute Gasteiger partial charge is 0.319 e. The van der Waals surface area contributed by atoms with E-state index in [-0.39, 0.29) is 5.78 Å². The van der Waals surface area contributed by atoms with Crippen LogP contribution in [0.2, 0.25) is 5.02 Å². The van der Waals surface area contributed by atoms with Crippen molar-refractivity contribution in [3.63, 3.8) is 0 Å². The van der Waals surface area contributed by atoms with E-state index in [1.807, 2.05) is 18.2 Å². The van der Waals surface area contributed by atoms with Gasteiger partial charge in [-0.1, -0.05) is 29.8 Å². The Morgan fingerprint density at radius 1 is 1.43 bits per heavy atom. The second-order valence-electron chi connectivity index (χ2n) is 3.91. The van der Waals surface area contributed by atoms with E-state index in [9.17, 15) is 4.79 Å². The molecule has 0 atom stereocenters. The molecule has 0 bridgehead atoms. The average Bonchev–Trinajstić information content (AvgIpc) is 2.07. The van der Waals surface area contributed by atoms with Gasteiger partial charge in [0.05, 0.1) is 5.54 Å². The molecule has 0 aromatic heterocycles. The predicted octanol–water partition coefficient (Wildman–Crippen LogP) is 2.19. The lowest BCUT2D eigenvalue weighted by Crippen LogP contribution is -2.42. The van der Waals surface area contributed by atoms with Gasteiger partial charge in [0, 0.05) is 11.4 Å². The third-order valence-corrected chi connectivity index (χ3v) is 2.40. The van der Waals surface area contributed by atoms with E-state index in [1.165, 1.54) is 0 Å². The van der Waals surface area contributed by atoms with E-state index in [0.29, 0.717) is 11.4 Å². The van der Waals surface area contributed by atoms with Crippen molar-refractivity contribution in [3.05, 3.63) is 34.9 Å². The summed E-state index contributed by atoms with van der Waals surface area (Å²) in [5, 5.41) is 0.616. The number of rotatable bonds is 3. The highest BCUT2D eigenvalue weighted by Gasteiger charge is 2.22. The zero-order valence-corrected chi connectivity index (χ0v) is 9.14. The molecule has 0 saturated heterocycles. The summed E-state index contributed by atoms with van der Waals surface area (Å²) in [7, 11) is 0. The summed E-state index contributed by atoms with van der Waals surface area (Å²) in [4.78, 5) is 11.6. The zero-order valence-electron chi connectivity index (χ0n) is 8.38. The maximum absolute atomic E-state index is 11.6. The second kappa shape index (κ2) is 4.11. The first-order chi connectivity index (χ1) is 6.41. The molecule has 76 valence electrons. The molecule has 0 unspecified atom stereocenters. The minimum atomic E-state index is -0.792. The highest BCUT2D eigenvalue weighted by molar-refractivity contribution is 6.31. The van der Waals surface area contributed by atoms with Crippen molar-refractivity contribution < 1.29 is 4.79 Å². The van der Waals surface area contributed by atoms with E-state index in [2.05, 4.69) is 0 Å². The number of nitrogens with two attached hydrogens (primary N) is 1. The lowest BCUT2D eigenvalue weighted by molar-refractivity contribution is -0.122. The van der Waals surface area contributed by atoms with E-state index in [4.69, 9.17) is 17.3 Å². The molecule has 0 heterocycles. The fourth-order valence-electron chi connectivity index (χ4n) is 1.04. The second-order valence-corrected chi connectivity index (χ2v) is 4.32. The standard InChI is InChI=1S/C11H14ClNO/c1-11(2,13)10(14)7-8-5-3-4-6-9(8)12/h3-6H,7,13H2,1-2H3. The van der Waals surface area contributed by atoms with Crippen LogP contribution in [-0.4, -0.2) is 11.3 Å². The van der Waals surface area contributed by atoms with Gasteiger partial charge in [-0.25, -0.2) is 0 Å². The van der Waals surface area contributed by atoms with Gasteiger partial charge in [0.1, 0.15) is 0 Å². The maximum Gasteiger partial charge on any atom is 0.156 e. The molecular weight excluding hydrogens is 198 g/mol. The third-order valence-electron chi connectivity index (χ3n) is 2.03. The van der Waals surface area contributed by atoms with Gasteiger partial charge in [0.25, 0.3) is 0 Å². The fourth-order valence-corrected chi connectivity index (χ4v) is 1.25. The number of Topliss-reactive ketones (excluding diaryl/α,β-unsaturated/α-hetero) is 1. The first-order valence-corrected chi connectivity index (χ1v) is 4.84. The molecular formula is C11H14ClNO. The summed E-state index contributed by atoms with van der Waals surface area (Å²) in [5.41, 5.74) is 5.72. The van der Waals surface area contributed by atoms with Crippen molar-refractivity contribution in [2.24, 2.45) is 5.73 Å². The van der Waals surface area contributed by atoms with Crippen LogP contribution in [0, 0.1) is 0 Å². The van der Waals surface area contributed by atoms with Gasteiger partial charge in [0.2, 0.25) is 0 Å². The van der Waals surface area contributed by atoms with Crippen LogP contribution in [0.4, 0.5) is 0 Å². The number of hydrogen-bond donors (Lipinski definition) is 1. The lowest BCUT2D eigenvalue weighted by atomic mass is 9.95. The van der Waals surface area contributed by atoms with E-state index in [0.717, 1.165) is 5.56 Å². The monoisotopic (exact) mass is 211 g/mol. The van der Waals surface area contributed by atoms with Gasteiger partial charge in [0.15, 0.2) is 5.78 Å². The summed E-state index contributed by atoms with van der Waals surface area (Å²) in [6.07, 6.45) is 0.295. The lowest BCUT2D eigenvalue weighted by Gasteiger charge is -2.16. The van der Waals surface area contributed by atoms with Crippen LogP contribution >= 0.6 is 11.6 Å². The Morgan fingerprint density at radius 2 is 2.00 bits per heavy atom. The number of halogens is 1. The van der Waals surface area contributed by atoms with E-state index < -0.39 is 5.54 Å². The minimum absolute atomic E-state index is 0.00870. The van der Waals surface area contributed by atoms with Crippen molar-refractivity contribution >= 4 is 17.4 Å². The van der Waals surface area contributed by atoms with Crippen LogP contribution in [0.3, 0.4) is 0 Å². The molecule has 14 heavy (non-hydrogen) atoms. The molecule has 0 amide bonds. The summed E-state index contributed by atoms with van der Waals surface area (Å²) in [5.74, 6) is -0.00870. The Labute approximate surface area is 89.1 Å². The number of ketones is 1. The molecule has 0 fully saturated rings. The Bertz CT molecular complexity index is 341. The third kappa shape index (κ3) is 2.82. The van der Waals surface area contributed by atoms with Gasteiger partial charge < -0.3 is 5.73 Å². The smallest absolute Gasteiger partial charge is 0.156 e. The molecule has 1 rings (SSSR count). The Morgan fingerprint density at radius 3 is 2.50 bits per heavy atom. The molecule has 0 aliphatic carbocycles. The summed E-state index contributed by atoms with van der Waals surface area (Å²) in [6.45, 7) is 3.40. The Balaban J connectivity index is 2.80. The zero-order chi connectivity index (χ0) is 10.8. The Kier molecular flexibility index (Phi) is 3.29. The van der Waals surface area contributed by atoms with Crippen LogP contribution in [0.1, 0.15) is 19.4 Å². The first-order valence-electron chi connectivity index (χ1n) is 4.47. The number of benzene rings is 1. The quantitative estimate of drug-likeness (QED) is 0.833. The molecule has 0 saturated carbocycles. The molecule has 1 aromatic carbocycles. The molecule has 0 aliphatic heterocycles. The first kappa shape index (κ1) is 11.2. The van der Waals surface area contributed by atoms with E-state index in [1.54, 1.807) is 19.9 Å². The van der Waals surface area contributed by atoms with Crippen LogP contribution in [-0.2, 0) is 11.2 Å². The molecule has 0 aliphatic rings. The van der Waals surface area contributed by atoms with E-state index >= 15 is 0 Å². The predicted molar refractivity (Wildman–Crippen MR) is 58.4 cm³/mol. The highest BCUT2D eigenvalue weighted by Crippen LogP contribution is 2.17. The van der Waals surface area contributed by atoms with Gasteiger partial charge in [-0.15, -0.1) is 0 Å². The summed E-state index contributed by atoms with van der Waals surface area (Å²) >= 11 is 5.93. The molecule has 0 spiro atoms. The number of carbonyl (C=O) groups excluding carboxylic acids is 1. The molecule has 1 aromatic rings. The van der Waals surface area contributed by atoms with Gasteiger partial charge in [-0.05, 0) is 25.5 Å². The topological polar surface area (TPSA) is 43.1 Å². The molecule has 2 nitrogen and oxygen atoms in total. The number of hydrogen-bond acceptors (Lipinski definition) is 2. The van der Waals surface area contributed by atoms with Crippen molar-refractivity contribution in [3.8, 4) is 0 Å². The SMILES string of the molecule is CC(C)(N)C(=O)Cc1ccccc1Cl. The van der Waals surface area contributed by atoms with Gasteiger partial charge >= 0.3 is 0 Å². The van der Waals surface area contributed by atoms with Crippen molar-refractivity contribution in [1.29, 1.82) is 0 Å². The maximum atomic E-state index is 11.6. The Hall–Kier alpha value is -0.860. The minimum Gasteiger partial charge on any atom is -0.319 e. The molecule has 3 heteroatoms. The molecule has 0 radical (unpaired) electrons. The number of carbonyl (C=O) groups is 1. The van der Waals surface area contributed by atoms with Crippen LogP contribution < -0.4 is 5.73 Å². The summed E-state index contributed by atoms with van der Waals surface area (Å²) in [6, 6.07) is 7.31. The fraction of sp³-hybridized carbons (Fsp3) is 0.364. The van der Waals surface area contributed by atoms with Crippen molar-refractivity contribution in [2.45, 2.75) is 25.8 Å². The van der Waals surface area contributed by atoms with Crippen molar-refractivity contribution in [2.75, 3.05) is 0 Å². The van der Waals surface area contributed by atoms with Crippen LogP contribution in [0.25, 0.3) is 0 Å². The van der Waals surface area contributed by atoms with Crippen LogP contribution in [0.5, 0.6) is 0 Å². The average molecular weight is 212 g/mol. The summed E-state index contributed by atoms with van der Waals surface area (Å²) < 4.78 is 0. The van der Waals surface area contributed by atoms with Gasteiger partial charge in [-0.2, -0.15) is 0 Å². The molecule has 2 N–H and O–H groups in total. The van der Waals surface area contributed by atoms with Crippen molar-refractivity contribution in [1.82, 2.24) is 0 Å². The van der Waals surface area contributed by atoms with Gasteiger partial charge in [-0.3, -0.25) is 4.79 Å². The van der Waals surface area contributed by atoms with Crippen LogP contribution in [0.15, 0.2) is 24.3 Å². The highest BCUT2D eigenvalue weighted by atomic mass is 35.5.